The third-order valence-corrected chi connectivity index (χ3v) is 6.09. The van der Waals surface area contributed by atoms with E-state index < -0.39 is 0 Å². The predicted octanol–water partition coefficient (Wildman–Crippen LogP) is 2.17. The first-order valence-corrected chi connectivity index (χ1v) is 9.97. The number of benzene rings is 2. The summed E-state index contributed by atoms with van der Waals surface area (Å²) in [7, 11) is 0. The highest BCUT2D eigenvalue weighted by molar-refractivity contribution is 5.83. The summed E-state index contributed by atoms with van der Waals surface area (Å²) >= 11 is 0. The molecule has 4 N–H and O–H groups in total. The van der Waals surface area contributed by atoms with Gasteiger partial charge in [-0.2, -0.15) is 0 Å². The van der Waals surface area contributed by atoms with E-state index in [1.807, 2.05) is 18.2 Å². The van der Waals surface area contributed by atoms with Crippen LogP contribution in [0.2, 0.25) is 0 Å². The number of nitrogens with two attached hydrogens (primary N) is 1. The molecule has 4 atom stereocenters. The lowest BCUT2D eigenvalue weighted by molar-refractivity contribution is -0.124. The number of nitrogens with one attached hydrogen (secondary N) is 2. The number of carbonyl (C=O) groups excluding carboxylic acids is 1. The summed E-state index contributed by atoms with van der Waals surface area (Å²) in [6.07, 6.45) is 3.68. The molecule has 6 nitrogen and oxygen atoms in total. The average molecular weight is 379 g/mol. The summed E-state index contributed by atoms with van der Waals surface area (Å²) in [5.74, 6) is 2.07. The van der Waals surface area contributed by atoms with E-state index in [2.05, 4.69) is 34.9 Å². The molecule has 1 saturated heterocycles. The molecule has 2 fully saturated rings. The maximum absolute atomic E-state index is 12.5. The Morgan fingerprint density at radius 3 is 2.64 bits per heavy atom. The van der Waals surface area contributed by atoms with Gasteiger partial charge in [-0.15, -0.1) is 0 Å². The highest BCUT2D eigenvalue weighted by Crippen LogP contribution is 2.36. The van der Waals surface area contributed by atoms with Gasteiger partial charge in [0.25, 0.3) is 0 Å². The first-order valence-electron chi connectivity index (χ1n) is 9.97. The number of ether oxygens (including phenoxy) is 2. The van der Waals surface area contributed by atoms with Gasteiger partial charge < -0.3 is 25.8 Å². The molecule has 0 spiro atoms. The highest BCUT2D eigenvalue weighted by Gasteiger charge is 2.42. The minimum atomic E-state index is -0.384. The fraction of sp³-hybridized carbons (Fsp3) is 0.409. The lowest BCUT2D eigenvalue weighted by atomic mass is 9.99. The Hall–Kier alpha value is -2.57. The molecule has 0 radical (unpaired) electrons. The molecular formula is C22H25N3O3. The van der Waals surface area contributed by atoms with Crippen LogP contribution in [-0.2, 0) is 11.2 Å². The number of carbonyl (C=O) groups is 1. The zero-order valence-corrected chi connectivity index (χ0v) is 15.7. The summed E-state index contributed by atoms with van der Waals surface area (Å²) in [4.78, 5) is 12.5. The number of piperidine rings is 1. The normalized spacial score (nSPS) is 25.7. The Morgan fingerprint density at radius 1 is 1.11 bits per heavy atom. The Kier molecular flexibility index (Phi) is 4.45. The number of hydrogen-bond acceptors (Lipinski definition) is 5. The third kappa shape index (κ3) is 3.34. The van der Waals surface area contributed by atoms with Gasteiger partial charge in [0.2, 0.25) is 12.7 Å². The summed E-state index contributed by atoms with van der Waals surface area (Å²) in [6, 6.07) is 14.6. The summed E-state index contributed by atoms with van der Waals surface area (Å²) < 4.78 is 10.8. The number of hydrogen-bond donors (Lipinski definition) is 3. The molecule has 2 aromatic rings. The molecule has 1 amide bonds. The minimum absolute atomic E-state index is 0.0386. The smallest absolute Gasteiger partial charge is 0.238 e. The number of fused-ring (bicyclic) bond motifs is 3. The van der Waals surface area contributed by atoms with E-state index in [-0.39, 0.29) is 24.9 Å². The van der Waals surface area contributed by atoms with Gasteiger partial charge in [-0.05, 0) is 54.0 Å². The van der Waals surface area contributed by atoms with Crippen LogP contribution in [0.1, 0.15) is 24.8 Å². The van der Waals surface area contributed by atoms with Crippen LogP contribution in [0.25, 0.3) is 11.1 Å². The molecule has 0 aromatic heterocycles. The molecule has 3 aliphatic rings. The van der Waals surface area contributed by atoms with Crippen molar-refractivity contribution in [3.8, 4) is 22.6 Å². The molecule has 1 saturated carbocycles. The van der Waals surface area contributed by atoms with Crippen molar-refractivity contribution < 1.29 is 14.3 Å². The van der Waals surface area contributed by atoms with Crippen molar-refractivity contribution in [1.82, 2.24) is 10.6 Å². The molecule has 2 aliphatic heterocycles. The lowest BCUT2D eigenvalue weighted by Crippen LogP contribution is -2.53. The number of amides is 1. The zero-order chi connectivity index (χ0) is 19.1. The lowest BCUT2D eigenvalue weighted by Gasteiger charge is -2.24. The first-order chi connectivity index (χ1) is 13.7. The van der Waals surface area contributed by atoms with Crippen molar-refractivity contribution in [3.63, 3.8) is 0 Å². The minimum Gasteiger partial charge on any atom is -0.454 e. The van der Waals surface area contributed by atoms with Crippen LogP contribution in [0.5, 0.6) is 11.5 Å². The van der Waals surface area contributed by atoms with Crippen LogP contribution in [-0.4, -0.2) is 30.9 Å². The predicted molar refractivity (Wildman–Crippen MR) is 106 cm³/mol. The quantitative estimate of drug-likeness (QED) is 0.693. The van der Waals surface area contributed by atoms with Gasteiger partial charge in [-0.3, -0.25) is 4.79 Å². The monoisotopic (exact) mass is 379 g/mol. The second-order valence-corrected chi connectivity index (χ2v) is 8.00. The highest BCUT2D eigenvalue weighted by atomic mass is 16.7. The van der Waals surface area contributed by atoms with Gasteiger partial charge >= 0.3 is 0 Å². The summed E-state index contributed by atoms with van der Waals surface area (Å²) in [5.41, 5.74) is 9.47. The van der Waals surface area contributed by atoms with Crippen molar-refractivity contribution >= 4 is 5.91 Å². The van der Waals surface area contributed by atoms with E-state index in [0.29, 0.717) is 18.4 Å². The van der Waals surface area contributed by atoms with Crippen LogP contribution < -0.4 is 25.8 Å². The number of rotatable bonds is 5. The van der Waals surface area contributed by atoms with Crippen LogP contribution in [0.15, 0.2) is 42.5 Å². The standard InChI is InChI=1S/C22H25N3O3/c23-20(25-22(26)21-16-5-7-17(10-16)24-21)9-13-1-3-14(4-2-13)15-6-8-18-19(11-15)28-12-27-18/h1-4,6,8,11,16-17,20-21,24H,5,7,9-10,12,23H2,(H,25,26). The topological polar surface area (TPSA) is 85.6 Å². The van der Waals surface area contributed by atoms with Crippen molar-refractivity contribution in [3.05, 3.63) is 48.0 Å². The molecule has 2 bridgehead atoms. The van der Waals surface area contributed by atoms with E-state index in [1.165, 1.54) is 6.42 Å². The Balaban J connectivity index is 1.19. The molecule has 5 rings (SSSR count). The second kappa shape index (κ2) is 7.11. The molecule has 2 heterocycles. The van der Waals surface area contributed by atoms with Crippen molar-refractivity contribution in [2.45, 2.75) is 43.9 Å². The van der Waals surface area contributed by atoms with Crippen LogP contribution >= 0.6 is 0 Å². The summed E-state index contributed by atoms with van der Waals surface area (Å²) in [6.45, 7) is 0.277. The van der Waals surface area contributed by atoms with E-state index in [1.54, 1.807) is 0 Å². The molecule has 6 heteroatoms. The van der Waals surface area contributed by atoms with E-state index in [0.717, 1.165) is 41.0 Å². The molecule has 146 valence electrons. The Morgan fingerprint density at radius 2 is 1.89 bits per heavy atom. The zero-order valence-electron chi connectivity index (χ0n) is 15.7. The molecule has 1 aliphatic carbocycles. The molecule has 4 unspecified atom stereocenters. The average Bonchev–Trinajstić information content (AvgIpc) is 3.44. The van der Waals surface area contributed by atoms with Crippen LogP contribution in [0.3, 0.4) is 0 Å². The summed E-state index contributed by atoms with van der Waals surface area (Å²) in [5, 5.41) is 6.39. The SMILES string of the molecule is NC(Cc1ccc(-c2ccc3c(c2)OCO3)cc1)NC(=O)C1NC2CCC1C2. The van der Waals surface area contributed by atoms with E-state index in [4.69, 9.17) is 15.2 Å². The Labute approximate surface area is 164 Å². The Bertz CT molecular complexity index is 883. The molecule has 28 heavy (non-hydrogen) atoms. The largest absolute Gasteiger partial charge is 0.454 e. The van der Waals surface area contributed by atoms with Crippen molar-refractivity contribution in [2.75, 3.05) is 6.79 Å². The van der Waals surface area contributed by atoms with Gasteiger partial charge in [-0.1, -0.05) is 30.3 Å². The van der Waals surface area contributed by atoms with Crippen LogP contribution in [0.4, 0.5) is 0 Å². The molecule has 2 aromatic carbocycles. The van der Waals surface area contributed by atoms with Gasteiger partial charge in [0.15, 0.2) is 11.5 Å². The molecular weight excluding hydrogens is 354 g/mol. The van der Waals surface area contributed by atoms with Gasteiger partial charge in [-0.25, -0.2) is 0 Å². The maximum Gasteiger partial charge on any atom is 0.238 e. The fourth-order valence-corrected chi connectivity index (χ4v) is 4.64. The van der Waals surface area contributed by atoms with E-state index in [9.17, 15) is 4.79 Å². The first kappa shape index (κ1) is 17.5. The third-order valence-electron chi connectivity index (χ3n) is 6.09. The van der Waals surface area contributed by atoms with Gasteiger partial charge in [0.05, 0.1) is 12.2 Å². The van der Waals surface area contributed by atoms with E-state index >= 15 is 0 Å². The fourth-order valence-electron chi connectivity index (χ4n) is 4.64. The van der Waals surface area contributed by atoms with Gasteiger partial charge in [0, 0.05) is 12.5 Å². The van der Waals surface area contributed by atoms with Crippen molar-refractivity contribution in [2.24, 2.45) is 11.7 Å². The van der Waals surface area contributed by atoms with Gasteiger partial charge in [0.1, 0.15) is 0 Å². The second-order valence-electron chi connectivity index (χ2n) is 8.00. The maximum atomic E-state index is 12.5. The van der Waals surface area contributed by atoms with Crippen molar-refractivity contribution in [1.29, 1.82) is 0 Å². The van der Waals surface area contributed by atoms with Crippen LogP contribution in [0, 0.1) is 5.92 Å².